The summed E-state index contributed by atoms with van der Waals surface area (Å²) >= 11 is 1.58. The number of aryl methyl sites for hydroxylation is 1. The fraction of sp³-hybridized carbons (Fsp3) is 0.0769. The minimum atomic E-state index is -1.08. The van der Waals surface area contributed by atoms with E-state index in [1.807, 2.05) is 31.2 Å². The number of aromatic nitrogens is 1. The Balaban J connectivity index is 2.18. The first-order valence-corrected chi connectivity index (χ1v) is 6.17. The predicted molar refractivity (Wildman–Crippen MR) is 69.0 cm³/mol. The molecule has 90 valence electrons. The molecule has 2 aromatic heterocycles. The molecule has 0 saturated carbocycles. The number of rotatable bonds is 2. The highest BCUT2D eigenvalue weighted by molar-refractivity contribution is 7.22. The van der Waals surface area contributed by atoms with Gasteiger partial charge in [0, 0.05) is 10.8 Å². The van der Waals surface area contributed by atoms with E-state index in [4.69, 9.17) is 9.63 Å². The summed E-state index contributed by atoms with van der Waals surface area (Å²) in [5, 5.41) is 13.5. The van der Waals surface area contributed by atoms with E-state index in [-0.39, 0.29) is 5.69 Å². The molecule has 5 heteroatoms. The van der Waals surface area contributed by atoms with Crippen molar-refractivity contribution in [3.05, 3.63) is 41.6 Å². The third-order valence-corrected chi connectivity index (χ3v) is 4.08. The molecule has 0 fully saturated rings. The number of carboxylic acids is 1. The van der Waals surface area contributed by atoms with Crippen molar-refractivity contribution in [3.8, 4) is 10.6 Å². The van der Waals surface area contributed by atoms with Gasteiger partial charge in [-0.15, -0.1) is 11.3 Å². The Morgan fingerprint density at radius 3 is 2.83 bits per heavy atom. The summed E-state index contributed by atoms with van der Waals surface area (Å²) in [5.74, 6) is -0.574. The van der Waals surface area contributed by atoms with E-state index in [9.17, 15) is 4.79 Å². The molecule has 18 heavy (non-hydrogen) atoms. The summed E-state index contributed by atoms with van der Waals surface area (Å²) < 4.78 is 6.25. The number of fused-ring (bicyclic) bond motifs is 1. The molecule has 0 spiro atoms. The summed E-state index contributed by atoms with van der Waals surface area (Å²) in [4.78, 5) is 11.7. The lowest BCUT2D eigenvalue weighted by atomic mass is 10.1. The van der Waals surface area contributed by atoms with E-state index in [1.165, 1.54) is 6.07 Å². The summed E-state index contributed by atoms with van der Waals surface area (Å²) in [5.41, 5.74) is 1.02. The van der Waals surface area contributed by atoms with E-state index in [1.54, 1.807) is 11.3 Å². The molecular weight excluding hydrogens is 250 g/mol. The van der Waals surface area contributed by atoms with Gasteiger partial charge in [-0.25, -0.2) is 4.79 Å². The van der Waals surface area contributed by atoms with Gasteiger partial charge >= 0.3 is 5.97 Å². The van der Waals surface area contributed by atoms with Crippen LogP contribution in [0.3, 0.4) is 0 Å². The average molecular weight is 259 g/mol. The summed E-state index contributed by atoms with van der Waals surface area (Å²) in [6, 6.07) is 9.49. The maximum Gasteiger partial charge on any atom is 0.358 e. The molecule has 3 aromatic rings. The second kappa shape index (κ2) is 3.96. The summed E-state index contributed by atoms with van der Waals surface area (Å²) in [7, 11) is 0. The van der Waals surface area contributed by atoms with Gasteiger partial charge in [-0.3, -0.25) is 0 Å². The van der Waals surface area contributed by atoms with Gasteiger partial charge in [-0.1, -0.05) is 23.4 Å². The van der Waals surface area contributed by atoms with Crippen LogP contribution in [0.2, 0.25) is 0 Å². The van der Waals surface area contributed by atoms with Crippen LogP contribution in [0.15, 0.2) is 34.9 Å². The monoisotopic (exact) mass is 259 g/mol. The first-order valence-electron chi connectivity index (χ1n) is 5.35. The van der Waals surface area contributed by atoms with E-state index >= 15 is 0 Å². The van der Waals surface area contributed by atoms with Crippen LogP contribution in [-0.2, 0) is 0 Å². The quantitative estimate of drug-likeness (QED) is 0.764. The molecule has 0 saturated heterocycles. The highest BCUT2D eigenvalue weighted by Crippen LogP contribution is 2.38. The SMILES string of the molecule is Cc1c(-c2cc(C(=O)O)no2)sc2ccccc12. The topological polar surface area (TPSA) is 63.3 Å². The van der Waals surface area contributed by atoms with Crippen molar-refractivity contribution in [1.82, 2.24) is 5.16 Å². The molecule has 0 radical (unpaired) electrons. The Labute approximate surface area is 106 Å². The second-order valence-corrected chi connectivity index (χ2v) is 4.99. The molecule has 0 unspecified atom stereocenters. The first-order chi connectivity index (χ1) is 8.66. The zero-order valence-electron chi connectivity index (χ0n) is 9.51. The summed E-state index contributed by atoms with van der Waals surface area (Å²) in [6.07, 6.45) is 0. The number of hydrogen-bond donors (Lipinski definition) is 1. The lowest BCUT2D eigenvalue weighted by Crippen LogP contribution is -1.94. The number of thiophene rings is 1. The Hall–Kier alpha value is -2.14. The maximum absolute atomic E-state index is 10.8. The van der Waals surface area contributed by atoms with Crippen LogP contribution in [0.1, 0.15) is 16.1 Å². The Bertz CT molecular complexity index is 742. The van der Waals surface area contributed by atoms with Gasteiger partial charge in [-0.2, -0.15) is 0 Å². The van der Waals surface area contributed by atoms with Crippen LogP contribution < -0.4 is 0 Å². The van der Waals surface area contributed by atoms with E-state index < -0.39 is 5.97 Å². The number of benzene rings is 1. The Morgan fingerprint density at radius 1 is 1.39 bits per heavy atom. The van der Waals surface area contributed by atoms with Crippen molar-refractivity contribution < 1.29 is 14.4 Å². The Morgan fingerprint density at radius 2 is 2.17 bits per heavy atom. The van der Waals surface area contributed by atoms with Gasteiger partial charge in [-0.05, 0) is 23.9 Å². The van der Waals surface area contributed by atoms with E-state index in [2.05, 4.69) is 5.16 Å². The van der Waals surface area contributed by atoms with Crippen LogP contribution >= 0.6 is 11.3 Å². The van der Waals surface area contributed by atoms with Gasteiger partial charge in [0.15, 0.2) is 11.5 Å². The van der Waals surface area contributed by atoms with Gasteiger partial charge in [0.05, 0.1) is 4.88 Å². The van der Waals surface area contributed by atoms with Crippen LogP contribution in [0.25, 0.3) is 20.7 Å². The van der Waals surface area contributed by atoms with Crippen molar-refractivity contribution in [2.75, 3.05) is 0 Å². The molecule has 1 N–H and O–H groups in total. The van der Waals surface area contributed by atoms with E-state index in [0.29, 0.717) is 5.76 Å². The molecule has 1 aromatic carbocycles. The van der Waals surface area contributed by atoms with Crippen molar-refractivity contribution in [1.29, 1.82) is 0 Å². The van der Waals surface area contributed by atoms with Crippen molar-refractivity contribution in [2.24, 2.45) is 0 Å². The van der Waals surface area contributed by atoms with E-state index in [0.717, 1.165) is 20.5 Å². The number of nitrogens with zero attached hydrogens (tertiary/aromatic N) is 1. The number of aromatic carboxylic acids is 1. The smallest absolute Gasteiger partial charge is 0.358 e. The number of carbonyl (C=O) groups is 1. The lowest BCUT2D eigenvalue weighted by molar-refractivity contribution is 0.0686. The van der Waals surface area contributed by atoms with Crippen molar-refractivity contribution in [3.63, 3.8) is 0 Å². The van der Waals surface area contributed by atoms with Crippen LogP contribution in [-0.4, -0.2) is 16.2 Å². The first kappa shape index (κ1) is 11.0. The molecule has 0 aliphatic heterocycles. The molecule has 2 heterocycles. The third-order valence-electron chi connectivity index (χ3n) is 2.80. The standard InChI is InChI=1S/C13H9NO3S/c1-7-8-4-2-3-5-11(8)18-12(7)10-6-9(13(15)16)14-17-10/h2-6H,1H3,(H,15,16). The van der Waals surface area contributed by atoms with Crippen LogP contribution in [0.4, 0.5) is 0 Å². The van der Waals surface area contributed by atoms with Crippen LogP contribution in [0, 0.1) is 6.92 Å². The Kier molecular flexibility index (Phi) is 2.41. The fourth-order valence-corrected chi connectivity index (χ4v) is 3.05. The molecule has 4 nitrogen and oxygen atoms in total. The normalized spacial score (nSPS) is 10.9. The summed E-state index contributed by atoms with van der Waals surface area (Å²) in [6.45, 7) is 2.00. The largest absolute Gasteiger partial charge is 0.476 e. The molecule has 3 rings (SSSR count). The minimum Gasteiger partial charge on any atom is -0.476 e. The highest BCUT2D eigenvalue weighted by atomic mass is 32.1. The number of carboxylic acid groups (broad SMARTS) is 1. The van der Waals surface area contributed by atoms with Crippen LogP contribution in [0.5, 0.6) is 0 Å². The predicted octanol–water partition coefficient (Wildman–Crippen LogP) is 3.56. The molecule has 0 bridgehead atoms. The molecular formula is C13H9NO3S. The molecule has 0 atom stereocenters. The maximum atomic E-state index is 10.8. The molecule has 0 aliphatic rings. The minimum absolute atomic E-state index is 0.0677. The van der Waals surface area contributed by atoms with Gasteiger partial charge in [0.2, 0.25) is 0 Å². The fourth-order valence-electron chi connectivity index (χ4n) is 1.89. The van der Waals surface area contributed by atoms with Gasteiger partial charge in [0.1, 0.15) is 0 Å². The zero-order valence-corrected chi connectivity index (χ0v) is 10.3. The average Bonchev–Trinajstić information content (AvgIpc) is 2.95. The second-order valence-electron chi connectivity index (χ2n) is 3.93. The zero-order chi connectivity index (χ0) is 12.7. The number of hydrogen-bond acceptors (Lipinski definition) is 4. The van der Waals surface area contributed by atoms with Crippen molar-refractivity contribution in [2.45, 2.75) is 6.92 Å². The lowest BCUT2D eigenvalue weighted by Gasteiger charge is -1.91. The molecule has 0 amide bonds. The van der Waals surface area contributed by atoms with Gasteiger partial charge in [0.25, 0.3) is 0 Å². The molecule has 0 aliphatic carbocycles. The third kappa shape index (κ3) is 1.60. The van der Waals surface area contributed by atoms with Gasteiger partial charge < -0.3 is 9.63 Å². The highest BCUT2D eigenvalue weighted by Gasteiger charge is 2.17. The van der Waals surface area contributed by atoms with Crippen molar-refractivity contribution >= 4 is 27.4 Å².